The number of hydrogen-bond donors (Lipinski definition) is 0. The molecule has 3 saturated heterocycles. The Morgan fingerprint density at radius 2 is 1.19 bits per heavy atom. The van der Waals surface area contributed by atoms with Crippen LogP contribution in [0.1, 0.15) is 44.6 Å². The highest BCUT2D eigenvalue weighted by atomic mass is 16.6. The molecule has 0 aliphatic carbocycles. The molecule has 2 aromatic rings. The Morgan fingerprint density at radius 1 is 0.688 bits per heavy atom. The van der Waals surface area contributed by atoms with Crippen molar-refractivity contribution in [2.45, 2.75) is 63.8 Å². The van der Waals surface area contributed by atoms with E-state index < -0.39 is 0 Å². The molecule has 0 N–H and O–H groups in total. The highest BCUT2D eigenvalue weighted by Crippen LogP contribution is 2.47. The molecular weight excluding hydrogens is 408 g/mol. The number of rotatable bonds is 15. The van der Waals surface area contributed by atoms with Crippen LogP contribution in [0.15, 0.2) is 24.3 Å². The van der Waals surface area contributed by atoms with Gasteiger partial charge in [0.05, 0.1) is 19.8 Å². The number of epoxide rings is 3. The molecule has 3 heterocycles. The number of hydrogen-bond acceptors (Lipinski definition) is 6. The van der Waals surface area contributed by atoms with Crippen LogP contribution in [-0.4, -0.2) is 58.0 Å². The standard InChI is InChI=1S/C26H34O6/c1-2-3-4-5-6-11-23-24(30-15-18-12-27-18)21-9-7-8-10-22(21)25(31-16-19-13-28-19)26(23)32-17-20-14-29-20/h7-10,18-20H,2-6,11-17H2,1H3. The zero-order valence-electron chi connectivity index (χ0n) is 19.0. The van der Waals surface area contributed by atoms with E-state index in [9.17, 15) is 0 Å². The first-order valence-corrected chi connectivity index (χ1v) is 12.1. The molecule has 0 spiro atoms. The Balaban J connectivity index is 1.50. The van der Waals surface area contributed by atoms with Crippen LogP contribution in [0.5, 0.6) is 17.2 Å². The van der Waals surface area contributed by atoms with Crippen LogP contribution in [0.3, 0.4) is 0 Å². The number of ether oxygens (including phenoxy) is 6. The van der Waals surface area contributed by atoms with Crippen molar-refractivity contribution in [3.63, 3.8) is 0 Å². The molecule has 6 heteroatoms. The quantitative estimate of drug-likeness (QED) is 0.295. The lowest BCUT2D eigenvalue weighted by molar-refractivity contribution is 0.225. The molecule has 174 valence electrons. The van der Waals surface area contributed by atoms with Gasteiger partial charge in [0.2, 0.25) is 0 Å². The molecule has 2 aromatic carbocycles. The van der Waals surface area contributed by atoms with Gasteiger partial charge in [0, 0.05) is 16.3 Å². The average Bonchev–Trinajstić information content (AvgIpc) is 3.66. The van der Waals surface area contributed by atoms with Crippen molar-refractivity contribution in [2.75, 3.05) is 39.6 Å². The Labute approximate surface area is 190 Å². The second-order valence-corrected chi connectivity index (χ2v) is 8.97. The molecule has 3 aliphatic rings. The zero-order chi connectivity index (χ0) is 21.8. The van der Waals surface area contributed by atoms with Crippen molar-refractivity contribution in [3.05, 3.63) is 29.8 Å². The predicted octanol–water partition coefficient (Wildman–Crippen LogP) is 4.69. The van der Waals surface area contributed by atoms with Gasteiger partial charge in [-0.3, -0.25) is 0 Å². The molecule has 3 aliphatic heterocycles. The van der Waals surface area contributed by atoms with E-state index in [0.29, 0.717) is 19.8 Å². The summed E-state index contributed by atoms with van der Waals surface area (Å²) in [5.41, 5.74) is 1.10. The van der Waals surface area contributed by atoms with E-state index in [4.69, 9.17) is 28.4 Å². The van der Waals surface area contributed by atoms with E-state index in [1.807, 2.05) is 6.07 Å². The van der Waals surface area contributed by atoms with Crippen molar-refractivity contribution in [3.8, 4) is 17.2 Å². The first-order valence-electron chi connectivity index (χ1n) is 12.1. The smallest absolute Gasteiger partial charge is 0.169 e. The van der Waals surface area contributed by atoms with E-state index in [0.717, 1.165) is 66.2 Å². The number of benzene rings is 2. The summed E-state index contributed by atoms with van der Waals surface area (Å²) in [6.07, 6.45) is 7.49. The van der Waals surface area contributed by atoms with Gasteiger partial charge in [-0.2, -0.15) is 0 Å². The van der Waals surface area contributed by atoms with Gasteiger partial charge in [-0.05, 0) is 12.8 Å². The lowest BCUT2D eigenvalue weighted by Crippen LogP contribution is -2.13. The van der Waals surface area contributed by atoms with Gasteiger partial charge in [-0.25, -0.2) is 0 Å². The number of fused-ring (bicyclic) bond motifs is 1. The van der Waals surface area contributed by atoms with Crippen LogP contribution in [-0.2, 0) is 20.6 Å². The number of unbranched alkanes of at least 4 members (excludes halogenated alkanes) is 4. The fraction of sp³-hybridized carbons (Fsp3) is 0.615. The van der Waals surface area contributed by atoms with Crippen LogP contribution in [0.25, 0.3) is 10.8 Å². The van der Waals surface area contributed by atoms with Crippen molar-refractivity contribution in [2.24, 2.45) is 0 Å². The van der Waals surface area contributed by atoms with E-state index in [1.54, 1.807) is 0 Å². The van der Waals surface area contributed by atoms with Gasteiger partial charge in [0.1, 0.15) is 43.9 Å². The third-order valence-electron chi connectivity index (χ3n) is 6.15. The van der Waals surface area contributed by atoms with E-state index in [-0.39, 0.29) is 18.3 Å². The third-order valence-corrected chi connectivity index (χ3v) is 6.15. The molecular formula is C26H34O6. The monoisotopic (exact) mass is 442 g/mol. The van der Waals surface area contributed by atoms with Crippen LogP contribution >= 0.6 is 0 Å². The largest absolute Gasteiger partial charge is 0.490 e. The average molecular weight is 443 g/mol. The first kappa shape index (κ1) is 21.8. The second kappa shape index (κ2) is 10.3. The van der Waals surface area contributed by atoms with Crippen molar-refractivity contribution >= 4 is 10.8 Å². The minimum Gasteiger partial charge on any atom is -0.490 e. The summed E-state index contributed by atoms with van der Waals surface area (Å²) < 4.78 is 35.3. The van der Waals surface area contributed by atoms with Crippen molar-refractivity contribution in [1.29, 1.82) is 0 Å². The molecule has 3 atom stereocenters. The Morgan fingerprint density at radius 3 is 1.75 bits per heavy atom. The fourth-order valence-electron chi connectivity index (χ4n) is 4.02. The summed E-state index contributed by atoms with van der Waals surface area (Å²) in [6.45, 7) is 6.16. The maximum atomic E-state index is 6.39. The molecule has 5 rings (SSSR count). The van der Waals surface area contributed by atoms with Crippen LogP contribution < -0.4 is 14.2 Å². The lowest BCUT2D eigenvalue weighted by atomic mass is 9.97. The molecule has 0 bridgehead atoms. The predicted molar refractivity (Wildman–Crippen MR) is 122 cm³/mol. The maximum absolute atomic E-state index is 6.39. The normalized spacial score (nSPS) is 23.2. The molecule has 0 aromatic heterocycles. The third kappa shape index (κ3) is 5.66. The molecule has 0 radical (unpaired) electrons. The maximum Gasteiger partial charge on any atom is 0.169 e. The minimum atomic E-state index is 0.169. The van der Waals surface area contributed by atoms with Crippen LogP contribution in [0.2, 0.25) is 0 Å². The zero-order valence-corrected chi connectivity index (χ0v) is 19.0. The van der Waals surface area contributed by atoms with Gasteiger partial charge < -0.3 is 28.4 Å². The Kier molecular flexibility index (Phi) is 7.00. The molecule has 32 heavy (non-hydrogen) atoms. The lowest BCUT2D eigenvalue weighted by Gasteiger charge is -2.22. The van der Waals surface area contributed by atoms with Gasteiger partial charge in [0.15, 0.2) is 11.5 Å². The Hall–Kier alpha value is -2.02. The molecule has 0 saturated carbocycles. The first-order chi connectivity index (χ1) is 15.8. The van der Waals surface area contributed by atoms with Crippen molar-refractivity contribution in [1.82, 2.24) is 0 Å². The van der Waals surface area contributed by atoms with E-state index in [1.165, 1.54) is 25.7 Å². The van der Waals surface area contributed by atoms with Gasteiger partial charge in [0.25, 0.3) is 0 Å². The SMILES string of the molecule is CCCCCCCc1c(OCC2CO2)c(OCC2CO2)c2ccccc2c1OCC1CO1. The highest BCUT2D eigenvalue weighted by Gasteiger charge is 2.30. The second-order valence-electron chi connectivity index (χ2n) is 8.97. The van der Waals surface area contributed by atoms with Gasteiger partial charge in [-0.15, -0.1) is 0 Å². The van der Waals surface area contributed by atoms with Gasteiger partial charge >= 0.3 is 0 Å². The summed E-state index contributed by atoms with van der Waals surface area (Å²) >= 11 is 0. The Bertz CT molecular complexity index is 901. The molecule has 3 unspecified atom stereocenters. The molecule has 6 nitrogen and oxygen atoms in total. The summed E-state index contributed by atoms with van der Waals surface area (Å²) in [7, 11) is 0. The van der Waals surface area contributed by atoms with Crippen molar-refractivity contribution < 1.29 is 28.4 Å². The molecule has 0 amide bonds. The van der Waals surface area contributed by atoms with E-state index >= 15 is 0 Å². The van der Waals surface area contributed by atoms with E-state index in [2.05, 4.69) is 25.1 Å². The summed E-state index contributed by atoms with van der Waals surface area (Å²) in [5, 5.41) is 2.08. The summed E-state index contributed by atoms with van der Waals surface area (Å²) in [5.74, 6) is 2.52. The van der Waals surface area contributed by atoms with Gasteiger partial charge in [-0.1, -0.05) is 56.9 Å². The summed E-state index contributed by atoms with van der Waals surface area (Å²) in [4.78, 5) is 0. The van der Waals surface area contributed by atoms with Crippen LogP contribution in [0, 0.1) is 0 Å². The highest BCUT2D eigenvalue weighted by molar-refractivity contribution is 5.97. The summed E-state index contributed by atoms with van der Waals surface area (Å²) in [6, 6.07) is 8.30. The fourth-order valence-corrected chi connectivity index (χ4v) is 4.02. The minimum absolute atomic E-state index is 0.169. The van der Waals surface area contributed by atoms with Crippen LogP contribution in [0.4, 0.5) is 0 Å². The molecule has 3 fully saturated rings. The topological polar surface area (TPSA) is 65.3 Å².